The zero-order valence-electron chi connectivity index (χ0n) is 10.5. The Morgan fingerprint density at radius 3 is 2.31 bits per heavy atom. The van der Waals surface area contributed by atoms with Crippen LogP contribution < -0.4 is 5.73 Å². The number of nitrogens with two attached hydrogens (primary N) is 1. The molecule has 1 unspecified atom stereocenters. The molecule has 1 saturated carbocycles. The van der Waals surface area contributed by atoms with Crippen LogP contribution in [0.2, 0.25) is 0 Å². The minimum atomic E-state index is 0.239. The third-order valence-electron chi connectivity index (χ3n) is 4.20. The topological polar surface area (TPSA) is 26.0 Å². The monoisotopic (exact) mass is 215 g/mol. The molecule has 1 heteroatoms. The minimum absolute atomic E-state index is 0.239. The van der Waals surface area contributed by atoms with Crippen molar-refractivity contribution >= 4 is 6.08 Å². The van der Waals surface area contributed by atoms with Crippen molar-refractivity contribution in [1.82, 2.24) is 0 Å². The Balaban J connectivity index is 2.27. The number of hydrogen-bond acceptors (Lipinski definition) is 1. The highest BCUT2D eigenvalue weighted by molar-refractivity contribution is 5.56. The molecule has 0 aliphatic heterocycles. The maximum Gasteiger partial charge on any atom is 0.00918 e. The van der Waals surface area contributed by atoms with Crippen LogP contribution >= 0.6 is 0 Å². The number of rotatable bonds is 3. The van der Waals surface area contributed by atoms with Crippen molar-refractivity contribution < 1.29 is 0 Å². The van der Waals surface area contributed by atoms with Crippen molar-refractivity contribution in [2.24, 2.45) is 16.6 Å². The molecule has 86 valence electrons. The molecule has 2 N–H and O–H groups in total. The van der Waals surface area contributed by atoms with E-state index in [9.17, 15) is 0 Å². The van der Waals surface area contributed by atoms with Crippen LogP contribution in [0.5, 0.6) is 0 Å². The molecule has 0 aromatic heterocycles. The largest absolute Gasteiger partial charge is 0.330 e. The lowest BCUT2D eigenvalue weighted by molar-refractivity contribution is 0.454. The number of benzene rings is 1. The van der Waals surface area contributed by atoms with Crippen molar-refractivity contribution in [1.29, 1.82) is 0 Å². The van der Waals surface area contributed by atoms with Gasteiger partial charge in [-0.3, -0.25) is 0 Å². The van der Waals surface area contributed by atoms with Gasteiger partial charge in [0.05, 0.1) is 0 Å². The molecular weight excluding hydrogens is 194 g/mol. The molecule has 1 aromatic carbocycles. The highest BCUT2D eigenvalue weighted by Crippen LogP contribution is 2.66. The first-order valence-electron chi connectivity index (χ1n) is 5.96. The lowest BCUT2D eigenvalue weighted by Gasteiger charge is -2.19. The predicted octanol–water partition coefficient (Wildman–Crippen LogP) is 3.46. The van der Waals surface area contributed by atoms with E-state index in [0.29, 0.717) is 5.41 Å². The number of hydrogen-bond donors (Lipinski definition) is 1. The molecule has 0 radical (unpaired) electrons. The Morgan fingerprint density at radius 2 is 1.88 bits per heavy atom. The van der Waals surface area contributed by atoms with E-state index < -0.39 is 0 Å². The van der Waals surface area contributed by atoms with E-state index in [1.165, 1.54) is 17.6 Å². The van der Waals surface area contributed by atoms with Gasteiger partial charge in [0.25, 0.3) is 0 Å². The van der Waals surface area contributed by atoms with Gasteiger partial charge in [0, 0.05) is 12.0 Å². The quantitative estimate of drug-likeness (QED) is 0.821. The Bertz CT molecular complexity index is 403. The van der Waals surface area contributed by atoms with Crippen LogP contribution in [0.25, 0.3) is 6.08 Å². The summed E-state index contributed by atoms with van der Waals surface area (Å²) in [4.78, 5) is 0. The maximum absolute atomic E-state index is 5.96. The Kier molecular flexibility index (Phi) is 2.67. The summed E-state index contributed by atoms with van der Waals surface area (Å²) >= 11 is 0. The fraction of sp³-hybridized carbons (Fsp3) is 0.467. The van der Waals surface area contributed by atoms with Crippen LogP contribution in [-0.2, 0) is 0 Å². The van der Waals surface area contributed by atoms with E-state index in [0.717, 1.165) is 6.54 Å². The molecule has 0 spiro atoms. The van der Waals surface area contributed by atoms with Crippen LogP contribution in [0, 0.1) is 10.8 Å². The van der Waals surface area contributed by atoms with Crippen LogP contribution in [0.3, 0.4) is 0 Å². The van der Waals surface area contributed by atoms with Gasteiger partial charge in [0.15, 0.2) is 0 Å². The van der Waals surface area contributed by atoms with Gasteiger partial charge in [0.2, 0.25) is 0 Å². The Morgan fingerprint density at radius 1 is 1.31 bits per heavy atom. The van der Waals surface area contributed by atoms with E-state index >= 15 is 0 Å². The van der Waals surface area contributed by atoms with E-state index in [2.05, 4.69) is 51.1 Å². The third kappa shape index (κ3) is 1.69. The average Bonchev–Trinajstić information content (AvgIpc) is 2.84. The zero-order valence-corrected chi connectivity index (χ0v) is 10.5. The summed E-state index contributed by atoms with van der Waals surface area (Å²) in [5.41, 5.74) is 9.27. The second-order valence-corrected chi connectivity index (χ2v) is 5.58. The van der Waals surface area contributed by atoms with Gasteiger partial charge in [-0.25, -0.2) is 0 Å². The van der Waals surface area contributed by atoms with Gasteiger partial charge >= 0.3 is 0 Å². The van der Waals surface area contributed by atoms with Crippen molar-refractivity contribution in [2.45, 2.75) is 27.2 Å². The molecule has 1 fully saturated rings. The molecule has 0 bridgehead atoms. The molecule has 0 amide bonds. The fourth-order valence-electron chi connectivity index (χ4n) is 2.83. The molecular formula is C15H21N. The second-order valence-electron chi connectivity index (χ2n) is 5.58. The molecule has 1 aromatic rings. The minimum Gasteiger partial charge on any atom is -0.330 e. The second kappa shape index (κ2) is 3.74. The molecule has 2 rings (SSSR count). The fourth-order valence-corrected chi connectivity index (χ4v) is 2.83. The third-order valence-corrected chi connectivity index (χ3v) is 4.20. The predicted molar refractivity (Wildman–Crippen MR) is 70.0 cm³/mol. The van der Waals surface area contributed by atoms with Gasteiger partial charge in [-0.1, -0.05) is 55.8 Å². The first-order valence-corrected chi connectivity index (χ1v) is 5.96. The first kappa shape index (κ1) is 11.4. The average molecular weight is 215 g/mol. The summed E-state index contributed by atoms with van der Waals surface area (Å²) in [6, 6.07) is 10.5. The smallest absolute Gasteiger partial charge is 0.00918 e. The normalized spacial score (nSPS) is 27.9. The van der Waals surface area contributed by atoms with Crippen LogP contribution in [0.15, 0.2) is 35.9 Å². The van der Waals surface area contributed by atoms with Gasteiger partial charge < -0.3 is 5.73 Å². The highest BCUT2D eigenvalue weighted by Gasteiger charge is 2.60. The van der Waals surface area contributed by atoms with E-state index in [1.807, 2.05) is 6.07 Å². The summed E-state index contributed by atoms with van der Waals surface area (Å²) < 4.78 is 0. The summed E-state index contributed by atoms with van der Waals surface area (Å²) in [5.74, 6) is 0. The maximum atomic E-state index is 5.96. The van der Waals surface area contributed by atoms with Crippen molar-refractivity contribution in [3.63, 3.8) is 0 Å². The molecule has 0 saturated heterocycles. The van der Waals surface area contributed by atoms with E-state index in [-0.39, 0.29) is 5.41 Å². The molecule has 1 aliphatic carbocycles. The lowest BCUT2D eigenvalue weighted by atomic mass is 9.87. The van der Waals surface area contributed by atoms with Gasteiger partial charge in [-0.15, -0.1) is 0 Å². The van der Waals surface area contributed by atoms with Crippen LogP contribution in [0.1, 0.15) is 32.8 Å². The van der Waals surface area contributed by atoms with Crippen LogP contribution in [0.4, 0.5) is 0 Å². The standard InChI is InChI=1S/C15H21N/c1-12(9-13-7-5-4-6-8-13)15(11-16)10-14(15,2)3/h4-9H,10-11,16H2,1-3H3/b12-9+. The Hall–Kier alpha value is -1.08. The molecule has 16 heavy (non-hydrogen) atoms. The van der Waals surface area contributed by atoms with Crippen molar-refractivity contribution in [3.05, 3.63) is 41.5 Å². The zero-order chi connectivity index (χ0) is 11.8. The van der Waals surface area contributed by atoms with E-state index in [4.69, 9.17) is 5.73 Å². The summed E-state index contributed by atoms with van der Waals surface area (Å²) in [5, 5.41) is 0. The first-order chi connectivity index (χ1) is 7.52. The molecule has 1 nitrogen and oxygen atoms in total. The Labute approximate surface area is 98.4 Å². The lowest BCUT2D eigenvalue weighted by Crippen LogP contribution is -2.22. The van der Waals surface area contributed by atoms with Crippen molar-refractivity contribution in [2.75, 3.05) is 6.54 Å². The van der Waals surface area contributed by atoms with Crippen molar-refractivity contribution in [3.8, 4) is 0 Å². The molecule has 1 atom stereocenters. The van der Waals surface area contributed by atoms with Crippen LogP contribution in [-0.4, -0.2) is 6.54 Å². The van der Waals surface area contributed by atoms with Gasteiger partial charge in [-0.05, 0) is 24.3 Å². The van der Waals surface area contributed by atoms with Gasteiger partial charge in [-0.2, -0.15) is 0 Å². The SMILES string of the molecule is C/C(=C\c1ccccc1)C1(CN)CC1(C)C. The summed E-state index contributed by atoms with van der Waals surface area (Å²) in [6.07, 6.45) is 3.49. The molecule has 0 heterocycles. The van der Waals surface area contributed by atoms with Gasteiger partial charge in [0.1, 0.15) is 0 Å². The summed E-state index contributed by atoms with van der Waals surface area (Å²) in [6.45, 7) is 7.59. The highest BCUT2D eigenvalue weighted by atomic mass is 14.7. The van der Waals surface area contributed by atoms with E-state index in [1.54, 1.807) is 0 Å². The molecule has 1 aliphatic rings. The summed E-state index contributed by atoms with van der Waals surface area (Å²) in [7, 11) is 0.